The van der Waals surface area contributed by atoms with E-state index in [1.165, 1.54) is 31.3 Å². The number of nitrogens with zero attached hydrogens (tertiary/aromatic N) is 1. The zero-order valence-electron chi connectivity index (χ0n) is 11.9. The number of nitrogens with one attached hydrogen (secondary N) is 2. The Morgan fingerprint density at radius 1 is 1.45 bits per heavy atom. The Bertz CT molecular complexity index is 539. The standard InChI is InChI=1S/C13H19N3O4/c1-9-6-11(17)10(7-15-9)13(19)16(2)8-12(18)14-4-5-20-3/h6-7H,4-5,8H2,1-3H3,(H,14,18)(H,15,17). The number of aryl methyl sites for hydroxylation is 1. The molecule has 0 atom stereocenters. The quantitative estimate of drug-likeness (QED) is 0.689. The van der Waals surface area contributed by atoms with Crippen LogP contribution in [0.3, 0.4) is 0 Å². The van der Waals surface area contributed by atoms with Gasteiger partial charge in [0.05, 0.1) is 13.2 Å². The molecule has 2 N–H and O–H groups in total. The third kappa shape index (κ3) is 4.51. The third-order valence-corrected chi connectivity index (χ3v) is 2.64. The summed E-state index contributed by atoms with van der Waals surface area (Å²) in [5.41, 5.74) is 0.326. The van der Waals surface area contributed by atoms with Crippen molar-refractivity contribution in [2.24, 2.45) is 0 Å². The predicted octanol–water partition coefficient (Wildman–Crippen LogP) is -0.482. The van der Waals surface area contributed by atoms with Gasteiger partial charge in [0, 0.05) is 38.7 Å². The molecule has 1 rings (SSSR count). The number of aromatic amines is 1. The highest BCUT2D eigenvalue weighted by atomic mass is 16.5. The number of hydrogen-bond acceptors (Lipinski definition) is 4. The molecular formula is C13H19N3O4. The number of amides is 2. The minimum absolute atomic E-state index is 0.0165. The summed E-state index contributed by atoms with van der Waals surface area (Å²) in [6.45, 7) is 2.39. The SMILES string of the molecule is COCCNC(=O)CN(C)C(=O)c1c[nH]c(C)cc1=O. The van der Waals surface area contributed by atoms with Crippen LogP contribution in [-0.2, 0) is 9.53 Å². The maximum atomic E-state index is 12.0. The number of hydrogen-bond donors (Lipinski definition) is 2. The van der Waals surface area contributed by atoms with E-state index in [0.717, 1.165) is 0 Å². The monoisotopic (exact) mass is 281 g/mol. The highest BCUT2D eigenvalue weighted by molar-refractivity contribution is 5.96. The minimum atomic E-state index is -0.492. The van der Waals surface area contributed by atoms with Gasteiger partial charge in [0.1, 0.15) is 5.56 Å². The lowest BCUT2D eigenvalue weighted by Crippen LogP contribution is -2.40. The van der Waals surface area contributed by atoms with E-state index in [2.05, 4.69) is 10.3 Å². The Labute approximate surface area is 116 Å². The van der Waals surface area contributed by atoms with Gasteiger partial charge in [0.15, 0.2) is 5.43 Å². The average Bonchev–Trinajstić information content (AvgIpc) is 2.38. The molecule has 0 aliphatic heterocycles. The van der Waals surface area contributed by atoms with Gasteiger partial charge < -0.3 is 19.9 Å². The van der Waals surface area contributed by atoms with Crippen LogP contribution in [0.25, 0.3) is 0 Å². The Morgan fingerprint density at radius 3 is 2.75 bits per heavy atom. The molecule has 1 aromatic rings. The molecule has 0 radical (unpaired) electrons. The van der Waals surface area contributed by atoms with E-state index >= 15 is 0 Å². The van der Waals surface area contributed by atoms with E-state index in [4.69, 9.17) is 4.74 Å². The number of rotatable bonds is 6. The van der Waals surface area contributed by atoms with Crippen molar-refractivity contribution in [3.05, 3.63) is 33.7 Å². The van der Waals surface area contributed by atoms with Crippen molar-refractivity contribution < 1.29 is 14.3 Å². The van der Waals surface area contributed by atoms with Crippen LogP contribution in [-0.4, -0.2) is 55.6 Å². The van der Waals surface area contributed by atoms with Gasteiger partial charge in [-0.3, -0.25) is 14.4 Å². The molecule has 0 saturated carbocycles. The molecular weight excluding hydrogens is 262 g/mol. The Balaban J connectivity index is 2.63. The van der Waals surface area contributed by atoms with Crippen molar-refractivity contribution in [2.75, 3.05) is 33.9 Å². The largest absolute Gasteiger partial charge is 0.383 e. The van der Waals surface area contributed by atoms with Crippen LogP contribution < -0.4 is 10.7 Å². The first-order valence-electron chi connectivity index (χ1n) is 6.16. The van der Waals surface area contributed by atoms with Crippen molar-refractivity contribution in [3.63, 3.8) is 0 Å². The summed E-state index contributed by atoms with van der Waals surface area (Å²) in [5.74, 6) is -0.797. The molecule has 0 bridgehead atoms. The third-order valence-electron chi connectivity index (χ3n) is 2.64. The Hall–Kier alpha value is -2.15. The van der Waals surface area contributed by atoms with Crippen LogP contribution in [0, 0.1) is 6.92 Å². The number of likely N-dealkylation sites (N-methyl/N-ethyl adjacent to an activating group) is 1. The molecule has 0 spiro atoms. The zero-order valence-corrected chi connectivity index (χ0v) is 11.9. The van der Waals surface area contributed by atoms with E-state index in [0.29, 0.717) is 18.8 Å². The number of methoxy groups -OCH3 is 1. The van der Waals surface area contributed by atoms with Crippen molar-refractivity contribution in [1.29, 1.82) is 0 Å². The molecule has 1 aromatic heterocycles. The second-order valence-corrected chi connectivity index (χ2v) is 4.40. The molecule has 0 fully saturated rings. The second kappa shape index (κ2) is 7.44. The van der Waals surface area contributed by atoms with Crippen LogP contribution in [0.5, 0.6) is 0 Å². The smallest absolute Gasteiger partial charge is 0.259 e. The highest BCUT2D eigenvalue weighted by Gasteiger charge is 2.17. The summed E-state index contributed by atoms with van der Waals surface area (Å²) in [6.07, 6.45) is 1.36. The summed E-state index contributed by atoms with van der Waals surface area (Å²) in [7, 11) is 3.00. The fourth-order valence-electron chi connectivity index (χ4n) is 1.58. The molecule has 0 aliphatic carbocycles. The molecule has 7 heteroatoms. The molecule has 7 nitrogen and oxygen atoms in total. The average molecular weight is 281 g/mol. The summed E-state index contributed by atoms with van der Waals surface area (Å²) < 4.78 is 4.80. The molecule has 110 valence electrons. The first-order chi connectivity index (χ1) is 9.45. The van der Waals surface area contributed by atoms with Gasteiger partial charge in [-0.25, -0.2) is 0 Å². The van der Waals surface area contributed by atoms with Crippen LogP contribution in [0.2, 0.25) is 0 Å². The van der Waals surface area contributed by atoms with Crippen LogP contribution in [0.1, 0.15) is 16.1 Å². The van der Waals surface area contributed by atoms with Gasteiger partial charge in [-0.2, -0.15) is 0 Å². The molecule has 0 unspecified atom stereocenters. The molecule has 0 aliphatic rings. The molecule has 0 saturated heterocycles. The molecule has 2 amide bonds. The van der Waals surface area contributed by atoms with Crippen LogP contribution in [0.4, 0.5) is 0 Å². The second-order valence-electron chi connectivity index (χ2n) is 4.40. The van der Waals surface area contributed by atoms with Gasteiger partial charge in [0.2, 0.25) is 5.91 Å². The number of carbonyl (C=O) groups is 2. The van der Waals surface area contributed by atoms with Crippen molar-refractivity contribution in [2.45, 2.75) is 6.92 Å². The van der Waals surface area contributed by atoms with E-state index < -0.39 is 5.91 Å². The van der Waals surface area contributed by atoms with Crippen LogP contribution >= 0.6 is 0 Å². The molecule has 0 aromatic carbocycles. The van der Waals surface area contributed by atoms with Crippen molar-refractivity contribution >= 4 is 11.8 Å². The number of carbonyl (C=O) groups excluding carboxylic acids is 2. The van der Waals surface area contributed by atoms with Gasteiger partial charge in [-0.05, 0) is 6.92 Å². The van der Waals surface area contributed by atoms with Gasteiger partial charge in [-0.15, -0.1) is 0 Å². The number of ether oxygens (including phenoxy) is 1. The van der Waals surface area contributed by atoms with Crippen LogP contribution in [0.15, 0.2) is 17.1 Å². The number of pyridine rings is 1. The van der Waals surface area contributed by atoms with E-state index in [1.807, 2.05) is 0 Å². The normalized spacial score (nSPS) is 10.2. The van der Waals surface area contributed by atoms with Crippen molar-refractivity contribution in [1.82, 2.24) is 15.2 Å². The van der Waals surface area contributed by atoms with Crippen molar-refractivity contribution in [3.8, 4) is 0 Å². The fraction of sp³-hybridized carbons (Fsp3) is 0.462. The Kier molecular flexibility index (Phi) is 5.92. The highest BCUT2D eigenvalue weighted by Crippen LogP contribution is 1.97. The van der Waals surface area contributed by atoms with Gasteiger partial charge in [0.25, 0.3) is 5.91 Å². The summed E-state index contributed by atoms with van der Waals surface area (Å²) >= 11 is 0. The predicted molar refractivity (Wildman–Crippen MR) is 73.6 cm³/mol. The maximum Gasteiger partial charge on any atom is 0.259 e. The maximum absolute atomic E-state index is 12.0. The summed E-state index contributed by atoms with van der Waals surface area (Å²) in [6, 6.07) is 1.35. The van der Waals surface area contributed by atoms with Gasteiger partial charge >= 0.3 is 0 Å². The topological polar surface area (TPSA) is 91.5 Å². The van der Waals surface area contributed by atoms with E-state index in [-0.39, 0.29) is 23.4 Å². The summed E-state index contributed by atoms with van der Waals surface area (Å²) in [4.78, 5) is 39.3. The molecule has 20 heavy (non-hydrogen) atoms. The van der Waals surface area contributed by atoms with E-state index in [9.17, 15) is 14.4 Å². The summed E-state index contributed by atoms with van der Waals surface area (Å²) in [5, 5.41) is 2.60. The minimum Gasteiger partial charge on any atom is -0.383 e. The fourth-order valence-corrected chi connectivity index (χ4v) is 1.58. The first kappa shape index (κ1) is 15.9. The lowest BCUT2D eigenvalue weighted by molar-refractivity contribution is -0.121. The lowest BCUT2D eigenvalue weighted by Gasteiger charge is -2.16. The van der Waals surface area contributed by atoms with E-state index in [1.54, 1.807) is 6.92 Å². The zero-order chi connectivity index (χ0) is 15.1. The molecule has 1 heterocycles. The van der Waals surface area contributed by atoms with Gasteiger partial charge in [-0.1, -0.05) is 0 Å². The lowest BCUT2D eigenvalue weighted by atomic mass is 10.2. The first-order valence-corrected chi connectivity index (χ1v) is 6.16. The number of H-pyrrole nitrogens is 1. The number of aromatic nitrogens is 1. The Morgan fingerprint density at radius 2 is 2.15 bits per heavy atom.